The van der Waals surface area contributed by atoms with Crippen LogP contribution < -0.4 is 5.32 Å². The fourth-order valence-corrected chi connectivity index (χ4v) is 3.88. The van der Waals surface area contributed by atoms with Gasteiger partial charge in [0.15, 0.2) is 0 Å². The van der Waals surface area contributed by atoms with Crippen LogP contribution in [0.1, 0.15) is 66.2 Å². The number of hydrogen-bond acceptors (Lipinski definition) is 3. The molecule has 1 atom stereocenters. The van der Waals surface area contributed by atoms with Gasteiger partial charge in [0.25, 0.3) is 10.1 Å². The minimum absolute atomic E-state index is 0.0346. The maximum Gasteiger partial charge on any atom is 0.266 e. The van der Waals surface area contributed by atoms with Gasteiger partial charge >= 0.3 is 0 Å². The van der Waals surface area contributed by atoms with Gasteiger partial charge in [0, 0.05) is 12.5 Å². The first kappa shape index (κ1) is 24.6. The van der Waals surface area contributed by atoms with Crippen molar-refractivity contribution in [2.45, 2.75) is 66.2 Å². The fraction of sp³-hybridized carbons (Fsp3) is 0.682. The highest BCUT2D eigenvalue weighted by molar-refractivity contribution is 7.85. The largest absolute Gasteiger partial charge is 0.355 e. The molecular formula is C22H37NO4S. The second-order valence-electron chi connectivity index (χ2n) is 8.26. The second kappa shape index (κ2) is 12.2. The molecule has 1 aliphatic carbocycles. The molecule has 6 heteroatoms. The predicted molar refractivity (Wildman–Crippen MR) is 116 cm³/mol. The molecule has 0 saturated heterocycles. The van der Waals surface area contributed by atoms with Crippen LogP contribution in [0.15, 0.2) is 35.5 Å². The molecule has 1 aliphatic rings. The van der Waals surface area contributed by atoms with Crippen molar-refractivity contribution in [3.8, 4) is 0 Å². The summed E-state index contributed by atoms with van der Waals surface area (Å²) in [6.45, 7) is 8.63. The summed E-state index contributed by atoms with van der Waals surface area (Å²) < 4.78 is 30.1. The first-order valence-corrected chi connectivity index (χ1v) is 11.9. The van der Waals surface area contributed by atoms with E-state index in [-0.39, 0.29) is 18.4 Å². The van der Waals surface area contributed by atoms with Gasteiger partial charge in [-0.05, 0) is 71.1 Å². The van der Waals surface area contributed by atoms with Crippen LogP contribution in [0, 0.1) is 17.8 Å². The summed E-state index contributed by atoms with van der Waals surface area (Å²) in [5.41, 5.74) is 2.73. The normalized spacial score (nSPS) is 22.1. The molecule has 1 saturated carbocycles. The lowest BCUT2D eigenvalue weighted by atomic mass is 9.78. The Morgan fingerprint density at radius 3 is 2.32 bits per heavy atom. The third-order valence-electron chi connectivity index (χ3n) is 5.37. The summed E-state index contributed by atoms with van der Waals surface area (Å²) >= 11 is 0. The van der Waals surface area contributed by atoms with Crippen molar-refractivity contribution in [2.75, 3.05) is 12.3 Å². The fourth-order valence-electron chi connectivity index (χ4n) is 3.52. The zero-order valence-electron chi connectivity index (χ0n) is 17.8. The Balaban J connectivity index is 2.37. The SMILES string of the molecule is CC(C)=CCC[C@@H](C)/C=C/C=C(\C)C1CCC(C(=O)NCCS(=O)(=O)O)CC1. The summed E-state index contributed by atoms with van der Waals surface area (Å²) in [6.07, 6.45) is 14.8. The Morgan fingerprint density at radius 1 is 1.14 bits per heavy atom. The van der Waals surface area contributed by atoms with Crippen LogP contribution >= 0.6 is 0 Å². The Kier molecular flexibility index (Phi) is 10.8. The smallest absolute Gasteiger partial charge is 0.266 e. The lowest BCUT2D eigenvalue weighted by molar-refractivity contribution is -0.126. The highest BCUT2D eigenvalue weighted by Crippen LogP contribution is 2.33. The summed E-state index contributed by atoms with van der Waals surface area (Å²) in [4.78, 5) is 12.1. The van der Waals surface area contributed by atoms with E-state index >= 15 is 0 Å². The molecule has 0 aromatic carbocycles. The summed E-state index contributed by atoms with van der Waals surface area (Å²) in [7, 11) is -4.03. The molecule has 28 heavy (non-hydrogen) atoms. The Bertz CT molecular complexity index is 679. The van der Waals surface area contributed by atoms with Crippen LogP contribution in [0.3, 0.4) is 0 Å². The lowest BCUT2D eigenvalue weighted by Crippen LogP contribution is -2.36. The molecular weight excluding hydrogens is 374 g/mol. The van der Waals surface area contributed by atoms with E-state index < -0.39 is 15.9 Å². The molecule has 1 fully saturated rings. The molecule has 160 valence electrons. The molecule has 0 radical (unpaired) electrons. The van der Waals surface area contributed by atoms with Crippen LogP contribution in [0.5, 0.6) is 0 Å². The summed E-state index contributed by atoms with van der Waals surface area (Å²) in [5, 5.41) is 2.62. The van der Waals surface area contributed by atoms with E-state index in [1.165, 1.54) is 11.1 Å². The van der Waals surface area contributed by atoms with Crippen molar-refractivity contribution in [3.63, 3.8) is 0 Å². The monoisotopic (exact) mass is 411 g/mol. The highest BCUT2D eigenvalue weighted by atomic mass is 32.2. The Hall–Kier alpha value is -1.40. The molecule has 0 aromatic rings. The van der Waals surface area contributed by atoms with Gasteiger partial charge < -0.3 is 5.32 Å². The van der Waals surface area contributed by atoms with Gasteiger partial charge in [-0.2, -0.15) is 8.42 Å². The average molecular weight is 412 g/mol. The van der Waals surface area contributed by atoms with Crippen molar-refractivity contribution >= 4 is 16.0 Å². The van der Waals surface area contributed by atoms with Gasteiger partial charge in [-0.1, -0.05) is 42.4 Å². The quantitative estimate of drug-likeness (QED) is 0.310. The minimum atomic E-state index is -4.03. The van der Waals surface area contributed by atoms with Gasteiger partial charge in [0.1, 0.15) is 0 Å². The van der Waals surface area contributed by atoms with Gasteiger partial charge in [0.05, 0.1) is 5.75 Å². The van der Waals surface area contributed by atoms with Crippen molar-refractivity contribution in [2.24, 2.45) is 17.8 Å². The number of allylic oxidation sites excluding steroid dienone is 6. The maximum absolute atomic E-state index is 12.1. The van der Waals surface area contributed by atoms with E-state index in [1.54, 1.807) is 0 Å². The molecule has 0 bridgehead atoms. The first-order valence-electron chi connectivity index (χ1n) is 10.3. The van der Waals surface area contributed by atoms with E-state index in [2.05, 4.69) is 57.3 Å². The zero-order chi connectivity index (χ0) is 21.2. The molecule has 0 spiro atoms. The third kappa shape index (κ3) is 10.8. The Morgan fingerprint density at radius 2 is 1.75 bits per heavy atom. The standard InChI is InChI=1S/C22H37NO4S/c1-17(2)7-5-8-18(3)9-6-10-19(4)20-11-13-21(14-12-20)22(24)23-15-16-28(25,26)27/h6-7,9-10,18,20-21H,5,8,11-16H2,1-4H3,(H,23,24)(H,25,26,27)/b9-6+,19-10+/t18-,20?,21?/m1/s1. The van der Waals surface area contributed by atoms with Gasteiger partial charge in [-0.25, -0.2) is 0 Å². The molecule has 1 amide bonds. The van der Waals surface area contributed by atoms with Crippen LogP contribution in [0.2, 0.25) is 0 Å². The van der Waals surface area contributed by atoms with Crippen LogP contribution in [-0.2, 0) is 14.9 Å². The minimum Gasteiger partial charge on any atom is -0.355 e. The van der Waals surface area contributed by atoms with Crippen molar-refractivity contribution in [1.82, 2.24) is 5.32 Å². The van der Waals surface area contributed by atoms with E-state index in [1.807, 2.05) is 0 Å². The van der Waals surface area contributed by atoms with E-state index in [0.29, 0.717) is 11.8 Å². The van der Waals surface area contributed by atoms with Crippen molar-refractivity contribution < 1.29 is 17.8 Å². The summed E-state index contributed by atoms with van der Waals surface area (Å²) in [5.74, 6) is 0.467. The van der Waals surface area contributed by atoms with E-state index in [4.69, 9.17) is 4.55 Å². The second-order valence-corrected chi connectivity index (χ2v) is 9.83. The lowest BCUT2D eigenvalue weighted by Gasteiger charge is -2.28. The van der Waals surface area contributed by atoms with Gasteiger partial charge in [-0.3, -0.25) is 9.35 Å². The average Bonchev–Trinajstić information content (AvgIpc) is 2.60. The van der Waals surface area contributed by atoms with E-state index in [0.717, 1.165) is 38.5 Å². The van der Waals surface area contributed by atoms with Gasteiger partial charge in [0.2, 0.25) is 5.91 Å². The molecule has 0 aliphatic heterocycles. The molecule has 0 heterocycles. The molecule has 2 N–H and O–H groups in total. The summed E-state index contributed by atoms with van der Waals surface area (Å²) in [6, 6.07) is 0. The molecule has 0 aromatic heterocycles. The maximum atomic E-state index is 12.1. The number of carbonyl (C=O) groups excluding carboxylic acids is 1. The Labute approximate surface area is 171 Å². The third-order valence-corrected chi connectivity index (χ3v) is 6.09. The van der Waals surface area contributed by atoms with Crippen LogP contribution in [0.25, 0.3) is 0 Å². The highest BCUT2D eigenvalue weighted by Gasteiger charge is 2.26. The molecule has 5 nitrogen and oxygen atoms in total. The number of rotatable bonds is 10. The van der Waals surface area contributed by atoms with Crippen LogP contribution in [0.4, 0.5) is 0 Å². The molecule has 0 unspecified atom stereocenters. The van der Waals surface area contributed by atoms with E-state index in [9.17, 15) is 13.2 Å². The number of carbonyl (C=O) groups is 1. The van der Waals surface area contributed by atoms with Crippen LogP contribution in [-0.4, -0.2) is 31.2 Å². The number of hydrogen-bond donors (Lipinski definition) is 2. The van der Waals surface area contributed by atoms with Gasteiger partial charge in [-0.15, -0.1) is 0 Å². The topological polar surface area (TPSA) is 83.5 Å². The first-order chi connectivity index (χ1) is 13.1. The molecule has 1 rings (SSSR count). The number of amides is 1. The van der Waals surface area contributed by atoms with Crippen molar-refractivity contribution in [3.05, 3.63) is 35.5 Å². The predicted octanol–water partition coefficient (Wildman–Crippen LogP) is 4.68. The van der Waals surface area contributed by atoms with Crippen molar-refractivity contribution in [1.29, 1.82) is 0 Å². The number of nitrogens with one attached hydrogen (secondary N) is 1. The zero-order valence-corrected chi connectivity index (χ0v) is 18.6.